The third-order valence-corrected chi connectivity index (χ3v) is 9.06. The molecule has 3 aromatic rings. The molecule has 2 aliphatic heterocycles. The van der Waals surface area contributed by atoms with Gasteiger partial charge in [0.1, 0.15) is 5.69 Å². The number of likely N-dealkylation sites (tertiary alicyclic amines) is 1. The number of aliphatic imine (C=N–C) groups is 1. The first-order valence-corrected chi connectivity index (χ1v) is 16.1. The lowest BCUT2D eigenvalue weighted by atomic mass is 9.94. The largest absolute Gasteiger partial charge is 0.339 e. The van der Waals surface area contributed by atoms with Crippen molar-refractivity contribution < 1.29 is 14.4 Å². The number of carbonyl (C=O) groups excluding carboxylic acids is 3. The van der Waals surface area contributed by atoms with Gasteiger partial charge in [0.25, 0.3) is 11.8 Å². The van der Waals surface area contributed by atoms with Crippen LogP contribution in [-0.2, 0) is 4.79 Å². The van der Waals surface area contributed by atoms with Crippen molar-refractivity contribution in [3.63, 3.8) is 0 Å². The molecule has 2 amide bonds. The molecule has 7 nitrogen and oxygen atoms in total. The summed E-state index contributed by atoms with van der Waals surface area (Å²) in [6.07, 6.45) is 1.58. The van der Waals surface area contributed by atoms with Gasteiger partial charge < -0.3 is 9.80 Å². The molecule has 2 aliphatic rings. The number of nitrogens with zero attached hydrogens (tertiary/aromatic N) is 4. The van der Waals surface area contributed by atoms with Gasteiger partial charge in [0, 0.05) is 42.1 Å². The molecule has 43 heavy (non-hydrogen) atoms. The van der Waals surface area contributed by atoms with Crippen LogP contribution in [0.25, 0.3) is 0 Å². The molecule has 1 saturated heterocycles. The van der Waals surface area contributed by atoms with E-state index in [-0.39, 0.29) is 23.5 Å². The lowest BCUT2D eigenvalue weighted by Gasteiger charge is -2.32. The van der Waals surface area contributed by atoms with E-state index in [1.165, 1.54) is 16.9 Å². The van der Waals surface area contributed by atoms with E-state index >= 15 is 0 Å². The number of thiazole rings is 1. The van der Waals surface area contributed by atoms with Crippen molar-refractivity contribution in [1.82, 2.24) is 14.8 Å². The smallest absolute Gasteiger partial charge is 0.273 e. The van der Waals surface area contributed by atoms with Crippen molar-refractivity contribution in [3.05, 3.63) is 98.5 Å². The number of hydrogen-bond donors (Lipinski definition) is 0. The summed E-state index contributed by atoms with van der Waals surface area (Å²) in [5, 5.41) is 2.71. The number of likely N-dealkylation sites (N-methyl/N-ethyl adjacent to an activating group) is 1. The van der Waals surface area contributed by atoms with Crippen LogP contribution < -0.4 is 0 Å². The van der Waals surface area contributed by atoms with Gasteiger partial charge >= 0.3 is 0 Å². The van der Waals surface area contributed by atoms with Gasteiger partial charge in [-0.05, 0) is 46.1 Å². The lowest BCUT2D eigenvalue weighted by Crippen LogP contribution is -2.43. The summed E-state index contributed by atoms with van der Waals surface area (Å²) < 4.78 is 0. The highest BCUT2D eigenvalue weighted by Gasteiger charge is 2.33. The third kappa shape index (κ3) is 7.02. The van der Waals surface area contributed by atoms with E-state index < -0.39 is 6.04 Å². The van der Waals surface area contributed by atoms with E-state index in [4.69, 9.17) is 4.98 Å². The Morgan fingerprint density at radius 2 is 1.65 bits per heavy atom. The summed E-state index contributed by atoms with van der Waals surface area (Å²) in [4.78, 5) is 52.9. The van der Waals surface area contributed by atoms with E-state index in [1.807, 2.05) is 82.0 Å². The van der Waals surface area contributed by atoms with Gasteiger partial charge in [-0.25, -0.2) is 4.98 Å². The van der Waals surface area contributed by atoms with Crippen LogP contribution in [0.5, 0.6) is 0 Å². The van der Waals surface area contributed by atoms with Crippen molar-refractivity contribution in [1.29, 1.82) is 0 Å². The minimum Gasteiger partial charge on any atom is -0.339 e. The molecule has 1 aromatic heterocycles. The van der Waals surface area contributed by atoms with E-state index in [0.717, 1.165) is 40.3 Å². The highest BCUT2D eigenvalue weighted by Crippen LogP contribution is 2.32. The minimum absolute atomic E-state index is 0.0449. The molecule has 1 unspecified atom stereocenters. The second kappa shape index (κ2) is 14.5. The monoisotopic (exact) mass is 598 g/mol. The minimum atomic E-state index is -0.587. The number of aryl methyl sites for hydroxylation is 1. The maximum absolute atomic E-state index is 13.6. The second-order valence-corrected chi connectivity index (χ2v) is 11.7. The summed E-state index contributed by atoms with van der Waals surface area (Å²) in [6, 6.07) is 16.6. The Bertz CT molecular complexity index is 1500. The summed E-state index contributed by atoms with van der Waals surface area (Å²) in [7, 11) is 0. The van der Waals surface area contributed by atoms with Gasteiger partial charge in [-0.15, -0.1) is 11.3 Å². The standard InChI is InChI=1S/C33H36N4O3S.C2H6/c1-5-37(23(4)30(38)25-9-7-6-8-10-25)32(39)27-20-41-31(35-27)26-15-17-36(18-16-26)33(40)28-22(3)19-34-29(28)24-13-11-21(2)12-14-24;1-2/h6-14,20,23,26H,5,15-19H2,1-4H3;1-2H3. The average Bonchev–Trinajstić information content (AvgIpc) is 3.70. The van der Waals surface area contributed by atoms with Gasteiger partial charge in [0.15, 0.2) is 5.78 Å². The molecule has 0 N–H and O–H groups in total. The number of hydrogen-bond acceptors (Lipinski definition) is 6. The highest BCUT2D eigenvalue weighted by atomic mass is 32.1. The SMILES string of the molecule is CC.CCN(C(=O)c1csc(C2CCN(C(=O)C3=C(C)CN=C3c3ccc(C)cc3)CC2)n1)C(C)C(=O)c1ccccc1. The Hall–Kier alpha value is -3.91. The average molecular weight is 599 g/mol. The number of amides is 2. The van der Waals surface area contributed by atoms with Crippen LogP contribution in [0.3, 0.4) is 0 Å². The zero-order valence-electron chi connectivity index (χ0n) is 26.1. The number of ketones is 1. The lowest BCUT2D eigenvalue weighted by molar-refractivity contribution is -0.127. The van der Waals surface area contributed by atoms with Crippen LogP contribution in [0.1, 0.15) is 90.4 Å². The summed E-state index contributed by atoms with van der Waals surface area (Å²) in [5.41, 5.74) is 5.65. The Morgan fingerprint density at radius 1 is 1.00 bits per heavy atom. The van der Waals surface area contributed by atoms with Crippen molar-refractivity contribution in [2.24, 2.45) is 4.99 Å². The van der Waals surface area contributed by atoms with Crippen LogP contribution in [-0.4, -0.2) is 70.3 Å². The molecule has 1 fully saturated rings. The molecule has 5 rings (SSSR count). The predicted molar refractivity (Wildman–Crippen MR) is 174 cm³/mol. The van der Waals surface area contributed by atoms with Crippen LogP contribution in [0.2, 0.25) is 0 Å². The van der Waals surface area contributed by atoms with Gasteiger partial charge in [-0.1, -0.05) is 74.0 Å². The zero-order chi connectivity index (χ0) is 31.1. The predicted octanol–water partition coefficient (Wildman–Crippen LogP) is 6.74. The van der Waals surface area contributed by atoms with E-state index in [0.29, 0.717) is 37.4 Å². The van der Waals surface area contributed by atoms with Crippen LogP contribution >= 0.6 is 11.3 Å². The van der Waals surface area contributed by atoms with E-state index in [2.05, 4.69) is 4.99 Å². The van der Waals surface area contributed by atoms with E-state index in [9.17, 15) is 14.4 Å². The third-order valence-electron chi connectivity index (χ3n) is 8.06. The molecule has 0 aliphatic carbocycles. The van der Waals surface area contributed by atoms with Gasteiger partial charge in [0.05, 0.1) is 28.9 Å². The van der Waals surface area contributed by atoms with Crippen LogP contribution in [0.4, 0.5) is 0 Å². The molecule has 0 spiro atoms. The van der Waals surface area contributed by atoms with Gasteiger partial charge in [-0.2, -0.15) is 0 Å². The normalized spacial score (nSPS) is 15.9. The molecule has 226 valence electrons. The topological polar surface area (TPSA) is 82.9 Å². The molecule has 0 bridgehead atoms. The summed E-state index contributed by atoms with van der Waals surface area (Å²) in [5.74, 6) is -0.0844. The molecule has 8 heteroatoms. The number of carbonyl (C=O) groups is 3. The second-order valence-electron chi connectivity index (χ2n) is 10.8. The maximum atomic E-state index is 13.6. The van der Waals surface area contributed by atoms with Crippen molar-refractivity contribution in [2.75, 3.05) is 26.2 Å². The fourth-order valence-corrected chi connectivity index (χ4v) is 6.54. The van der Waals surface area contributed by atoms with Gasteiger partial charge in [0.2, 0.25) is 0 Å². The Balaban J connectivity index is 0.00000207. The fraction of sp³-hybridized carbons (Fsp3) is 0.400. The molecular weight excluding hydrogens is 556 g/mol. The molecule has 1 atom stereocenters. The molecular formula is C35H42N4O3S. The van der Waals surface area contributed by atoms with Crippen molar-refractivity contribution >= 4 is 34.6 Å². The first-order valence-electron chi connectivity index (χ1n) is 15.2. The number of aromatic nitrogens is 1. The number of piperidine rings is 1. The van der Waals surface area contributed by atoms with Crippen molar-refractivity contribution in [3.8, 4) is 0 Å². The Morgan fingerprint density at radius 3 is 2.28 bits per heavy atom. The van der Waals surface area contributed by atoms with Crippen LogP contribution in [0, 0.1) is 6.92 Å². The quantitative estimate of drug-likeness (QED) is 0.269. The molecule has 3 heterocycles. The number of benzene rings is 2. The molecule has 0 saturated carbocycles. The molecule has 2 aromatic carbocycles. The number of Topliss-reactive ketones (excluding diaryl/α,β-unsaturated/α-hetero) is 1. The first-order chi connectivity index (χ1) is 20.8. The Kier molecular flexibility index (Phi) is 10.8. The Labute approximate surface area is 259 Å². The zero-order valence-corrected chi connectivity index (χ0v) is 26.9. The van der Waals surface area contributed by atoms with Crippen molar-refractivity contribution in [2.45, 2.75) is 66.3 Å². The van der Waals surface area contributed by atoms with Crippen LogP contribution in [0.15, 0.2) is 76.1 Å². The highest BCUT2D eigenvalue weighted by molar-refractivity contribution is 7.09. The summed E-state index contributed by atoms with van der Waals surface area (Å²) >= 11 is 1.49. The number of rotatable bonds is 8. The maximum Gasteiger partial charge on any atom is 0.273 e. The first kappa shape index (κ1) is 32.0. The fourth-order valence-electron chi connectivity index (χ4n) is 5.58. The van der Waals surface area contributed by atoms with E-state index in [1.54, 1.807) is 29.3 Å². The summed E-state index contributed by atoms with van der Waals surface area (Å²) in [6.45, 7) is 13.9. The molecule has 0 radical (unpaired) electrons. The van der Waals surface area contributed by atoms with Gasteiger partial charge in [-0.3, -0.25) is 19.4 Å².